The summed E-state index contributed by atoms with van der Waals surface area (Å²) in [5, 5.41) is 0. The van der Waals surface area contributed by atoms with Crippen LogP contribution in [0, 0.1) is 6.92 Å². The van der Waals surface area contributed by atoms with E-state index in [1.807, 2.05) is 0 Å². The van der Waals surface area contributed by atoms with Crippen LogP contribution in [0.25, 0.3) is 0 Å². The van der Waals surface area contributed by atoms with Crippen LogP contribution < -0.4 is 19.6 Å². The van der Waals surface area contributed by atoms with Gasteiger partial charge < -0.3 is 18.6 Å². The van der Waals surface area contributed by atoms with E-state index in [1.54, 1.807) is 6.07 Å². The fraction of sp³-hybridized carbons (Fsp3) is 0.200. The maximum atomic E-state index is 12.1. The van der Waals surface area contributed by atoms with E-state index < -0.39 is 11.4 Å². The van der Waals surface area contributed by atoms with Crippen LogP contribution in [0.3, 0.4) is 0 Å². The minimum Gasteiger partial charge on any atom is -0.497 e. The van der Waals surface area contributed by atoms with Crippen LogP contribution >= 0.6 is 0 Å². The molecule has 0 atom stereocenters. The number of esters is 1. The summed E-state index contributed by atoms with van der Waals surface area (Å²) in [6.07, 6.45) is 1.24. The van der Waals surface area contributed by atoms with E-state index >= 15 is 0 Å². The maximum Gasteiger partial charge on any atom is 0.344 e. The van der Waals surface area contributed by atoms with Crippen LogP contribution in [0.5, 0.6) is 17.2 Å². The van der Waals surface area contributed by atoms with Crippen molar-refractivity contribution in [2.45, 2.75) is 6.92 Å². The number of methoxy groups -OCH3 is 2. The zero-order chi connectivity index (χ0) is 15.4. The molecule has 0 spiro atoms. The van der Waals surface area contributed by atoms with Crippen LogP contribution in [0.1, 0.15) is 16.1 Å². The monoisotopic (exact) mass is 290 g/mol. The molecule has 6 nitrogen and oxygen atoms in total. The molecule has 1 aromatic heterocycles. The van der Waals surface area contributed by atoms with Crippen LogP contribution in [-0.2, 0) is 0 Å². The SMILES string of the molecule is COc1cc(OC)cc(C(=O)Oc2c(C)occc2=O)c1. The third-order valence-corrected chi connectivity index (χ3v) is 2.79. The summed E-state index contributed by atoms with van der Waals surface area (Å²) in [7, 11) is 2.94. The zero-order valence-electron chi connectivity index (χ0n) is 11.8. The van der Waals surface area contributed by atoms with Crippen molar-refractivity contribution in [3.8, 4) is 17.2 Å². The summed E-state index contributed by atoms with van der Waals surface area (Å²) in [6, 6.07) is 5.79. The van der Waals surface area contributed by atoms with Gasteiger partial charge in [-0.15, -0.1) is 0 Å². The number of carbonyl (C=O) groups is 1. The first-order chi connectivity index (χ1) is 10.0. The van der Waals surface area contributed by atoms with Gasteiger partial charge in [0.1, 0.15) is 17.3 Å². The summed E-state index contributed by atoms with van der Waals surface area (Å²) >= 11 is 0. The van der Waals surface area contributed by atoms with Crippen molar-refractivity contribution in [3.63, 3.8) is 0 Å². The number of rotatable bonds is 4. The summed E-state index contributed by atoms with van der Waals surface area (Å²) in [5.74, 6) is 0.278. The molecule has 0 saturated heterocycles. The van der Waals surface area contributed by atoms with Crippen molar-refractivity contribution in [1.29, 1.82) is 0 Å². The lowest BCUT2D eigenvalue weighted by Crippen LogP contribution is -2.15. The Morgan fingerprint density at radius 1 is 1.10 bits per heavy atom. The number of hydrogen-bond acceptors (Lipinski definition) is 6. The minimum atomic E-state index is -0.700. The van der Waals surface area contributed by atoms with Gasteiger partial charge in [-0.25, -0.2) is 4.79 Å². The van der Waals surface area contributed by atoms with E-state index in [4.69, 9.17) is 18.6 Å². The van der Waals surface area contributed by atoms with Crippen molar-refractivity contribution in [1.82, 2.24) is 0 Å². The standard InChI is InChI=1S/C15H14O6/c1-9-14(13(16)4-5-20-9)21-15(17)10-6-11(18-2)8-12(7-10)19-3/h4-8H,1-3H3. The van der Waals surface area contributed by atoms with Gasteiger partial charge in [-0.1, -0.05) is 0 Å². The van der Waals surface area contributed by atoms with E-state index in [0.717, 1.165) is 0 Å². The molecule has 0 bridgehead atoms. The van der Waals surface area contributed by atoms with Gasteiger partial charge in [0.2, 0.25) is 11.2 Å². The molecular formula is C15H14O6. The fourth-order valence-electron chi connectivity index (χ4n) is 1.70. The van der Waals surface area contributed by atoms with Crippen molar-refractivity contribution < 1.29 is 23.4 Å². The van der Waals surface area contributed by atoms with E-state index in [9.17, 15) is 9.59 Å². The summed E-state index contributed by atoms with van der Waals surface area (Å²) in [4.78, 5) is 23.8. The molecule has 0 aliphatic heterocycles. The molecule has 110 valence electrons. The molecular weight excluding hydrogens is 276 g/mol. The molecule has 0 fully saturated rings. The van der Waals surface area contributed by atoms with Gasteiger partial charge in [0.15, 0.2) is 0 Å². The normalized spacial score (nSPS) is 10.0. The first-order valence-electron chi connectivity index (χ1n) is 6.09. The van der Waals surface area contributed by atoms with Crippen molar-refractivity contribution in [2.75, 3.05) is 14.2 Å². The van der Waals surface area contributed by atoms with Crippen LogP contribution in [0.15, 0.2) is 39.7 Å². The molecule has 21 heavy (non-hydrogen) atoms. The second-order valence-corrected chi connectivity index (χ2v) is 4.16. The molecule has 2 aromatic rings. The molecule has 0 saturated carbocycles. The molecule has 0 amide bonds. The Labute approximate surface area is 120 Å². The summed E-state index contributed by atoms with van der Waals surface area (Å²) in [5.41, 5.74) is -0.226. The van der Waals surface area contributed by atoms with E-state index in [0.29, 0.717) is 11.5 Å². The highest BCUT2D eigenvalue weighted by molar-refractivity contribution is 5.92. The van der Waals surface area contributed by atoms with Gasteiger partial charge in [-0.05, 0) is 19.1 Å². The van der Waals surface area contributed by atoms with E-state index in [2.05, 4.69) is 0 Å². The van der Waals surface area contributed by atoms with Gasteiger partial charge in [0.05, 0.1) is 26.0 Å². The Bertz CT molecular complexity index is 694. The molecule has 0 radical (unpaired) electrons. The van der Waals surface area contributed by atoms with Crippen molar-refractivity contribution in [3.05, 3.63) is 52.1 Å². The van der Waals surface area contributed by atoms with Crippen molar-refractivity contribution in [2.24, 2.45) is 0 Å². The van der Waals surface area contributed by atoms with Gasteiger partial charge in [-0.2, -0.15) is 0 Å². The topological polar surface area (TPSA) is 75.0 Å². The molecule has 0 unspecified atom stereocenters. The van der Waals surface area contributed by atoms with E-state index in [-0.39, 0.29) is 17.1 Å². The number of carbonyl (C=O) groups excluding carboxylic acids is 1. The number of ether oxygens (including phenoxy) is 3. The highest BCUT2D eigenvalue weighted by atomic mass is 16.5. The maximum absolute atomic E-state index is 12.1. The molecule has 0 aliphatic carbocycles. The lowest BCUT2D eigenvalue weighted by molar-refractivity contribution is 0.0726. The lowest BCUT2D eigenvalue weighted by Gasteiger charge is -2.09. The van der Waals surface area contributed by atoms with Gasteiger partial charge in [-0.3, -0.25) is 4.79 Å². The third-order valence-electron chi connectivity index (χ3n) is 2.79. The molecule has 1 aromatic carbocycles. The van der Waals surface area contributed by atoms with Crippen LogP contribution in [0.2, 0.25) is 0 Å². The molecule has 0 N–H and O–H groups in total. The Kier molecular flexibility index (Phi) is 4.27. The van der Waals surface area contributed by atoms with E-state index in [1.165, 1.54) is 45.6 Å². The quantitative estimate of drug-likeness (QED) is 0.803. The van der Waals surface area contributed by atoms with Gasteiger partial charge in [0, 0.05) is 12.1 Å². The second-order valence-electron chi connectivity index (χ2n) is 4.16. The van der Waals surface area contributed by atoms with Crippen LogP contribution in [-0.4, -0.2) is 20.2 Å². The predicted octanol–water partition coefficient (Wildman–Crippen LogP) is 2.18. The first kappa shape index (κ1) is 14.6. The average Bonchev–Trinajstić information content (AvgIpc) is 2.50. The Hall–Kier alpha value is -2.76. The average molecular weight is 290 g/mol. The molecule has 0 aliphatic rings. The highest BCUT2D eigenvalue weighted by Gasteiger charge is 2.16. The largest absolute Gasteiger partial charge is 0.497 e. The Balaban J connectivity index is 2.34. The third kappa shape index (κ3) is 3.22. The first-order valence-corrected chi connectivity index (χ1v) is 6.09. The number of hydrogen-bond donors (Lipinski definition) is 0. The molecule has 6 heteroatoms. The van der Waals surface area contributed by atoms with Crippen LogP contribution in [0.4, 0.5) is 0 Å². The summed E-state index contributed by atoms with van der Waals surface area (Å²) < 4.78 is 20.3. The smallest absolute Gasteiger partial charge is 0.344 e. The molecule has 1 heterocycles. The lowest BCUT2D eigenvalue weighted by atomic mass is 10.2. The van der Waals surface area contributed by atoms with Gasteiger partial charge in [0.25, 0.3) is 0 Å². The fourth-order valence-corrected chi connectivity index (χ4v) is 1.70. The Morgan fingerprint density at radius 2 is 1.71 bits per heavy atom. The second kappa shape index (κ2) is 6.13. The minimum absolute atomic E-state index is 0.135. The predicted molar refractivity (Wildman–Crippen MR) is 74.2 cm³/mol. The van der Waals surface area contributed by atoms with Crippen molar-refractivity contribution >= 4 is 5.97 Å². The molecule has 2 rings (SSSR count). The number of aryl methyl sites for hydroxylation is 1. The van der Waals surface area contributed by atoms with Gasteiger partial charge >= 0.3 is 5.97 Å². The highest BCUT2D eigenvalue weighted by Crippen LogP contribution is 2.23. The number of benzene rings is 1. The summed E-state index contributed by atoms with van der Waals surface area (Å²) in [6.45, 7) is 1.54. The zero-order valence-corrected chi connectivity index (χ0v) is 11.8. The Morgan fingerprint density at radius 3 is 2.24 bits per heavy atom.